The average Bonchev–Trinajstić information content (AvgIpc) is 3.21. The number of carbonyl (C=O) groups is 1. The first kappa shape index (κ1) is 24.0. The molecule has 34 heavy (non-hydrogen) atoms. The van der Waals surface area contributed by atoms with Crippen LogP contribution in [-0.4, -0.2) is 48.9 Å². The molecule has 4 N–H and O–H groups in total. The van der Waals surface area contributed by atoms with E-state index in [9.17, 15) is 13.6 Å². The fourth-order valence-corrected chi connectivity index (χ4v) is 5.57. The highest BCUT2D eigenvalue weighted by atomic mass is 32.1. The van der Waals surface area contributed by atoms with E-state index in [-0.39, 0.29) is 23.2 Å². The van der Waals surface area contributed by atoms with Crippen molar-refractivity contribution in [1.29, 1.82) is 0 Å². The topological polar surface area (TPSA) is 88.9 Å². The number of urea groups is 1. The minimum atomic E-state index is -1.02. The van der Waals surface area contributed by atoms with Gasteiger partial charge in [0.05, 0.1) is 14.2 Å². The summed E-state index contributed by atoms with van der Waals surface area (Å²) >= 11 is 5.34. The summed E-state index contributed by atoms with van der Waals surface area (Å²) in [4.78, 5) is 14.6. The van der Waals surface area contributed by atoms with Crippen LogP contribution in [0.4, 0.5) is 19.3 Å². The molecule has 3 atom stereocenters. The van der Waals surface area contributed by atoms with Crippen LogP contribution in [0.25, 0.3) is 0 Å². The Morgan fingerprint density at radius 1 is 1.12 bits per heavy atom. The third-order valence-electron chi connectivity index (χ3n) is 7.01. The van der Waals surface area contributed by atoms with Gasteiger partial charge in [0.15, 0.2) is 28.2 Å². The molecule has 0 unspecified atom stereocenters. The van der Waals surface area contributed by atoms with Gasteiger partial charge in [0.1, 0.15) is 0 Å². The summed E-state index contributed by atoms with van der Waals surface area (Å²) in [6.45, 7) is 0.724. The van der Waals surface area contributed by atoms with Crippen LogP contribution < -0.4 is 25.8 Å². The third-order valence-corrected chi connectivity index (χ3v) is 7.25. The first-order valence-corrected chi connectivity index (χ1v) is 11.5. The number of rotatable bonds is 5. The number of methoxy groups -OCH3 is 2. The molecule has 2 aliphatic rings. The van der Waals surface area contributed by atoms with Crippen molar-refractivity contribution in [3.8, 4) is 11.5 Å². The van der Waals surface area contributed by atoms with Crippen molar-refractivity contribution in [3.63, 3.8) is 0 Å². The molecule has 2 fully saturated rings. The van der Waals surface area contributed by atoms with Gasteiger partial charge in [-0.05, 0) is 67.7 Å². The number of hydrogen-bond donors (Lipinski definition) is 3. The minimum absolute atomic E-state index is 0.00887. The molecule has 7 nitrogen and oxygen atoms in total. The average molecular weight is 491 g/mol. The second kappa shape index (κ2) is 9.61. The van der Waals surface area contributed by atoms with E-state index in [1.807, 2.05) is 17.0 Å². The molecule has 2 aromatic rings. The van der Waals surface area contributed by atoms with Crippen molar-refractivity contribution in [1.82, 2.24) is 10.2 Å². The summed E-state index contributed by atoms with van der Waals surface area (Å²) < 4.78 is 37.5. The number of carbonyl (C=O) groups excluding carboxylic acids is 1. The van der Waals surface area contributed by atoms with E-state index in [2.05, 4.69) is 16.7 Å². The lowest BCUT2D eigenvalue weighted by Crippen LogP contribution is -2.54. The molecule has 10 heteroatoms. The number of halogens is 2. The van der Waals surface area contributed by atoms with Crippen LogP contribution in [-0.2, 0) is 5.41 Å². The molecule has 1 aliphatic heterocycles. The quantitative estimate of drug-likeness (QED) is 0.551. The molecule has 1 heterocycles. The summed E-state index contributed by atoms with van der Waals surface area (Å²) in [5.74, 6) is -0.669. The van der Waals surface area contributed by atoms with Crippen molar-refractivity contribution < 1.29 is 23.0 Å². The molecule has 1 saturated carbocycles. The maximum atomic E-state index is 13.5. The zero-order valence-electron chi connectivity index (χ0n) is 19.1. The minimum Gasteiger partial charge on any atom is -0.493 e. The monoisotopic (exact) mass is 490 g/mol. The van der Waals surface area contributed by atoms with E-state index in [0.717, 1.165) is 43.5 Å². The van der Waals surface area contributed by atoms with Gasteiger partial charge in [-0.2, -0.15) is 0 Å². The van der Waals surface area contributed by atoms with Crippen LogP contribution in [0.15, 0.2) is 36.4 Å². The number of anilines is 1. The first-order valence-electron chi connectivity index (χ1n) is 11.1. The Bertz CT molecular complexity index is 1100. The van der Waals surface area contributed by atoms with E-state index in [1.165, 1.54) is 6.07 Å². The molecule has 0 aromatic heterocycles. The van der Waals surface area contributed by atoms with Crippen LogP contribution in [0.5, 0.6) is 11.5 Å². The number of ether oxygens (including phenoxy) is 2. The maximum absolute atomic E-state index is 13.5. The fourth-order valence-electron chi connectivity index (χ4n) is 5.35. The lowest BCUT2D eigenvalue weighted by molar-refractivity contribution is 0.179. The smallest absolute Gasteiger partial charge is 0.319 e. The van der Waals surface area contributed by atoms with Gasteiger partial charge in [-0.25, -0.2) is 13.6 Å². The fraction of sp³-hybridized carbons (Fsp3) is 0.417. The van der Waals surface area contributed by atoms with Crippen LogP contribution in [0.2, 0.25) is 0 Å². The standard InChI is InChI=1S/C24H28F2N4O3S/c1-32-19-6-3-14(11-20(19)33-2)24-8-7-16(13-21(24)30(10-9-24)22(27)34)29-23(31)28-15-4-5-17(25)18(26)12-15/h3-6,11-12,16,21H,7-10,13H2,1-2H3,(H2,27,34)(H2,28,29,31)/t16-,21+,24-/m0/s1. The van der Waals surface area contributed by atoms with Crippen molar-refractivity contribution in [3.05, 3.63) is 53.6 Å². The zero-order chi connectivity index (χ0) is 24.5. The number of thiocarbonyl (C=S) groups is 1. The van der Waals surface area contributed by atoms with Gasteiger partial charge in [-0.15, -0.1) is 0 Å². The summed E-state index contributed by atoms with van der Waals surface area (Å²) in [5.41, 5.74) is 7.17. The molecular formula is C24H28F2N4O3S. The maximum Gasteiger partial charge on any atom is 0.319 e. The Labute approximate surface area is 202 Å². The second-order valence-corrected chi connectivity index (χ2v) is 9.14. The second-order valence-electron chi connectivity index (χ2n) is 8.72. The molecule has 0 bridgehead atoms. The highest BCUT2D eigenvalue weighted by Gasteiger charge is 2.52. The summed E-state index contributed by atoms with van der Waals surface area (Å²) in [7, 11) is 3.21. The lowest BCUT2D eigenvalue weighted by Gasteiger charge is -2.45. The van der Waals surface area contributed by atoms with E-state index >= 15 is 0 Å². The number of benzene rings is 2. The first-order chi connectivity index (χ1) is 16.3. The molecule has 0 radical (unpaired) electrons. The van der Waals surface area contributed by atoms with Crippen LogP contribution in [0.1, 0.15) is 31.2 Å². The van der Waals surface area contributed by atoms with Crippen molar-refractivity contribution in [2.24, 2.45) is 5.73 Å². The molecule has 182 valence electrons. The molecule has 2 amide bonds. The number of likely N-dealkylation sites (tertiary alicyclic amines) is 1. The van der Waals surface area contributed by atoms with Crippen molar-refractivity contribution >= 4 is 29.0 Å². The van der Waals surface area contributed by atoms with Crippen LogP contribution in [0, 0.1) is 11.6 Å². The number of nitrogens with two attached hydrogens (primary N) is 1. The van der Waals surface area contributed by atoms with E-state index < -0.39 is 17.7 Å². The number of hydrogen-bond acceptors (Lipinski definition) is 4. The summed E-state index contributed by atoms with van der Waals surface area (Å²) in [5, 5.41) is 5.86. The SMILES string of the molecule is COc1ccc([C@@]23CC[C@H](NC(=O)Nc4ccc(F)c(F)c4)C[C@H]2N(C(N)=S)CC3)cc1OC. The Morgan fingerprint density at radius 2 is 1.88 bits per heavy atom. The molecule has 4 rings (SSSR count). The Kier molecular flexibility index (Phi) is 6.79. The molecular weight excluding hydrogens is 462 g/mol. The zero-order valence-corrected chi connectivity index (χ0v) is 19.9. The molecule has 1 aliphatic carbocycles. The van der Waals surface area contributed by atoms with Gasteiger partial charge in [0.2, 0.25) is 0 Å². The van der Waals surface area contributed by atoms with E-state index in [1.54, 1.807) is 14.2 Å². The third kappa shape index (κ3) is 4.46. The summed E-state index contributed by atoms with van der Waals surface area (Å²) in [6.07, 6.45) is 3.05. The molecule has 1 saturated heterocycles. The van der Waals surface area contributed by atoms with Crippen LogP contribution in [0.3, 0.4) is 0 Å². The largest absolute Gasteiger partial charge is 0.493 e. The summed E-state index contributed by atoms with van der Waals surface area (Å²) in [6, 6.07) is 8.58. The highest BCUT2D eigenvalue weighted by Crippen LogP contribution is 2.50. The van der Waals surface area contributed by atoms with Gasteiger partial charge in [0.25, 0.3) is 0 Å². The van der Waals surface area contributed by atoms with Crippen molar-refractivity contribution in [2.45, 2.75) is 43.2 Å². The Morgan fingerprint density at radius 3 is 2.56 bits per heavy atom. The van der Waals surface area contributed by atoms with E-state index in [4.69, 9.17) is 27.4 Å². The molecule has 0 spiro atoms. The number of nitrogens with one attached hydrogen (secondary N) is 2. The van der Waals surface area contributed by atoms with Crippen molar-refractivity contribution in [2.75, 3.05) is 26.1 Å². The van der Waals surface area contributed by atoms with Gasteiger partial charge >= 0.3 is 6.03 Å². The van der Waals surface area contributed by atoms with Gasteiger partial charge in [-0.1, -0.05) is 6.07 Å². The normalized spacial score (nSPS) is 23.7. The Balaban J connectivity index is 1.53. The number of nitrogens with zero attached hydrogens (tertiary/aromatic N) is 1. The van der Waals surface area contributed by atoms with Gasteiger partial charge in [0, 0.05) is 35.8 Å². The van der Waals surface area contributed by atoms with Gasteiger partial charge < -0.3 is 30.7 Å². The predicted molar refractivity (Wildman–Crippen MR) is 129 cm³/mol. The predicted octanol–water partition coefficient (Wildman–Crippen LogP) is 3.91. The van der Waals surface area contributed by atoms with E-state index in [0.29, 0.717) is 23.0 Å². The van der Waals surface area contributed by atoms with Crippen LogP contribution >= 0.6 is 12.2 Å². The number of fused-ring (bicyclic) bond motifs is 1. The lowest BCUT2D eigenvalue weighted by atomic mass is 9.65. The molecule has 2 aromatic carbocycles. The Hall–Kier alpha value is -3.14. The number of amides is 2. The highest BCUT2D eigenvalue weighted by molar-refractivity contribution is 7.80. The van der Waals surface area contributed by atoms with Gasteiger partial charge in [-0.3, -0.25) is 0 Å².